The molecule has 2 aliphatic rings. The van der Waals surface area contributed by atoms with Crippen LogP contribution in [0.4, 0.5) is 5.82 Å². The third kappa shape index (κ3) is 4.15. The van der Waals surface area contributed by atoms with Gasteiger partial charge in [-0.15, -0.1) is 11.3 Å². The molecule has 1 spiro atoms. The summed E-state index contributed by atoms with van der Waals surface area (Å²) in [7, 11) is 0. The van der Waals surface area contributed by atoms with E-state index in [9.17, 15) is 0 Å². The number of piperidine rings is 1. The van der Waals surface area contributed by atoms with Gasteiger partial charge in [0, 0.05) is 66.0 Å². The van der Waals surface area contributed by atoms with Crippen LogP contribution in [0.25, 0.3) is 33.1 Å². The number of pyridine rings is 1. The average molecular weight is 457 g/mol. The van der Waals surface area contributed by atoms with Crippen molar-refractivity contribution in [1.29, 1.82) is 0 Å². The summed E-state index contributed by atoms with van der Waals surface area (Å²) in [6, 6.07) is 18.6. The maximum absolute atomic E-state index is 5.91. The van der Waals surface area contributed by atoms with Crippen LogP contribution in [0, 0.1) is 0 Å². The molecule has 0 atom stereocenters. The van der Waals surface area contributed by atoms with Gasteiger partial charge in [-0.1, -0.05) is 36.4 Å². The molecule has 0 bridgehead atoms. The van der Waals surface area contributed by atoms with Gasteiger partial charge >= 0.3 is 0 Å². The summed E-state index contributed by atoms with van der Waals surface area (Å²) in [6.45, 7) is 3.03. The Labute approximate surface area is 196 Å². The van der Waals surface area contributed by atoms with Crippen LogP contribution in [0.5, 0.6) is 0 Å². The van der Waals surface area contributed by atoms with Crippen molar-refractivity contribution in [3.05, 3.63) is 72.4 Å². The van der Waals surface area contributed by atoms with Gasteiger partial charge in [0.25, 0.3) is 0 Å². The van der Waals surface area contributed by atoms with Gasteiger partial charge < -0.3 is 14.4 Å². The molecular formula is C26H24N4O2S. The molecule has 2 aliphatic heterocycles. The fraction of sp³-hybridized carbons (Fsp3) is 0.269. The molecule has 2 fully saturated rings. The lowest BCUT2D eigenvalue weighted by molar-refractivity contribution is -0.169. The highest BCUT2D eigenvalue weighted by Gasteiger charge is 2.40. The lowest BCUT2D eigenvalue weighted by Gasteiger charge is -2.38. The summed E-state index contributed by atoms with van der Waals surface area (Å²) >= 11 is 1.71. The molecule has 0 amide bonds. The van der Waals surface area contributed by atoms with E-state index in [4.69, 9.17) is 19.4 Å². The van der Waals surface area contributed by atoms with E-state index in [2.05, 4.69) is 51.7 Å². The zero-order chi connectivity index (χ0) is 22.1. The summed E-state index contributed by atoms with van der Waals surface area (Å²) in [5.41, 5.74) is 3.95. The fourth-order valence-electron chi connectivity index (χ4n) is 4.48. The first-order valence-electron chi connectivity index (χ1n) is 11.2. The van der Waals surface area contributed by atoms with Crippen LogP contribution >= 0.6 is 11.3 Å². The van der Waals surface area contributed by atoms with Crippen molar-refractivity contribution in [2.24, 2.45) is 0 Å². The molecule has 1 aromatic carbocycles. The number of anilines is 1. The Hall–Kier alpha value is -3.13. The van der Waals surface area contributed by atoms with Crippen molar-refractivity contribution >= 4 is 17.2 Å². The molecular weight excluding hydrogens is 432 g/mol. The molecule has 5 heterocycles. The van der Waals surface area contributed by atoms with Gasteiger partial charge in [-0.2, -0.15) is 0 Å². The SMILES string of the molecule is c1ccc(-c2nc(-c3cncc(-c4cccs4)c3)cc(N3CCC4(CC3)OCCO4)n2)cc1. The van der Waals surface area contributed by atoms with E-state index >= 15 is 0 Å². The highest BCUT2D eigenvalue weighted by atomic mass is 32.1. The smallest absolute Gasteiger partial charge is 0.171 e. The molecule has 3 aromatic heterocycles. The predicted molar refractivity (Wildman–Crippen MR) is 130 cm³/mol. The largest absolute Gasteiger partial charge is 0.356 e. The molecule has 33 heavy (non-hydrogen) atoms. The van der Waals surface area contributed by atoms with E-state index < -0.39 is 5.79 Å². The number of thiophene rings is 1. The third-order valence-corrected chi connectivity index (χ3v) is 7.17. The molecule has 0 saturated carbocycles. The summed E-state index contributed by atoms with van der Waals surface area (Å²) in [5, 5.41) is 2.08. The number of hydrogen-bond acceptors (Lipinski definition) is 7. The maximum Gasteiger partial charge on any atom is 0.171 e. The van der Waals surface area contributed by atoms with Crippen molar-refractivity contribution in [2.75, 3.05) is 31.2 Å². The van der Waals surface area contributed by atoms with E-state index in [-0.39, 0.29) is 0 Å². The van der Waals surface area contributed by atoms with E-state index in [1.54, 1.807) is 11.3 Å². The fourth-order valence-corrected chi connectivity index (χ4v) is 5.19. The normalized spacial score (nSPS) is 17.5. The topological polar surface area (TPSA) is 60.4 Å². The first-order chi connectivity index (χ1) is 16.3. The molecule has 6 rings (SSSR count). The zero-order valence-electron chi connectivity index (χ0n) is 18.2. The number of benzene rings is 1. The Kier molecular flexibility index (Phi) is 5.38. The highest BCUT2D eigenvalue weighted by Crippen LogP contribution is 2.35. The summed E-state index contributed by atoms with van der Waals surface area (Å²) in [6.07, 6.45) is 5.45. The van der Waals surface area contributed by atoms with Gasteiger partial charge in [-0.25, -0.2) is 9.97 Å². The Morgan fingerprint density at radius 1 is 0.818 bits per heavy atom. The van der Waals surface area contributed by atoms with Crippen molar-refractivity contribution in [1.82, 2.24) is 15.0 Å². The van der Waals surface area contributed by atoms with Crippen LogP contribution in [-0.4, -0.2) is 47.0 Å². The molecule has 0 radical (unpaired) electrons. The van der Waals surface area contributed by atoms with Crippen molar-refractivity contribution in [2.45, 2.75) is 18.6 Å². The van der Waals surface area contributed by atoms with Gasteiger partial charge in [0.2, 0.25) is 0 Å². The second kappa shape index (κ2) is 8.67. The first-order valence-corrected chi connectivity index (χ1v) is 12.1. The van der Waals surface area contributed by atoms with E-state index in [1.165, 1.54) is 4.88 Å². The first kappa shape index (κ1) is 20.5. The quantitative estimate of drug-likeness (QED) is 0.417. The molecule has 0 aliphatic carbocycles. The molecule has 7 heteroatoms. The van der Waals surface area contributed by atoms with Crippen LogP contribution in [0.1, 0.15) is 12.8 Å². The third-order valence-electron chi connectivity index (χ3n) is 6.25. The second-order valence-corrected chi connectivity index (χ2v) is 9.28. The van der Waals surface area contributed by atoms with E-state index in [0.29, 0.717) is 13.2 Å². The molecule has 0 N–H and O–H groups in total. The number of nitrogens with zero attached hydrogens (tertiary/aromatic N) is 4. The second-order valence-electron chi connectivity index (χ2n) is 8.34. The van der Waals surface area contributed by atoms with Crippen LogP contribution < -0.4 is 4.90 Å². The Bertz CT molecular complexity index is 1230. The Balaban J connectivity index is 1.38. The highest BCUT2D eigenvalue weighted by molar-refractivity contribution is 7.13. The van der Waals surface area contributed by atoms with Gasteiger partial charge in [0.05, 0.1) is 18.9 Å². The zero-order valence-corrected chi connectivity index (χ0v) is 19.0. The number of ether oxygens (including phenoxy) is 2. The van der Waals surface area contributed by atoms with Gasteiger partial charge in [-0.05, 0) is 17.5 Å². The predicted octanol–water partition coefficient (Wildman–Crippen LogP) is 5.28. The number of aromatic nitrogens is 3. The summed E-state index contributed by atoms with van der Waals surface area (Å²) < 4.78 is 11.8. The van der Waals surface area contributed by atoms with Crippen LogP contribution in [0.3, 0.4) is 0 Å². The van der Waals surface area contributed by atoms with Gasteiger partial charge in [-0.3, -0.25) is 4.98 Å². The number of hydrogen-bond donors (Lipinski definition) is 0. The van der Waals surface area contributed by atoms with Gasteiger partial charge in [0.1, 0.15) is 5.82 Å². The summed E-state index contributed by atoms with van der Waals surface area (Å²) in [5.74, 6) is 1.24. The minimum Gasteiger partial charge on any atom is -0.356 e. The Morgan fingerprint density at radius 2 is 1.61 bits per heavy atom. The molecule has 2 saturated heterocycles. The standard InChI is InChI=1S/C26H24N4O2S/c1-2-5-19(6-3-1)25-28-22(20-15-21(18-27-17-20)23-7-4-14-33-23)16-24(29-25)30-10-8-26(9-11-30)31-12-13-32-26/h1-7,14-18H,8-13H2. The average Bonchev–Trinajstić information content (AvgIpc) is 3.58. The van der Waals surface area contributed by atoms with Crippen LogP contribution in [-0.2, 0) is 9.47 Å². The van der Waals surface area contributed by atoms with E-state index in [1.807, 2.05) is 30.6 Å². The van der Waals surface area contributed by atoms with Crippen molar-refractivity contribution in [3.63, 3.8) is 0 Å². The van der Waals surface area contributed by atoms with Crippen molar-refractivity contribution in [3.8, 4) is 33.1 Å². The lowest BCUT2D eigenvalue weighted by Crippen LogP contribution is -2.45. The lowest BCUT2D eigenvalue weighted by atomic mass is 10.0. The monoisotopic (exact) mass is 456 g/mol. The maximum atomic E-state index is 5.91. The van der Waals surface area contributed by atoms with E-state index in [0.717, 1.165) is 60.0 Å². The van der Waals surface area contributed by atoms with Gasteiger partial charge in [0.15, 0.2) is 11.6 Å². The molecule has 166 valence electrons. The summed E-state index contributed by atoms with van der Waals surface area (Å²) in [4.78, 5) is 17.9. The van der Waals surface area contributed by atoms with Crippen LogP contribution in [0.2, 0.25) is 0 Å². The van der Waals surface area contributed by atoms with Crippen molar-refractivity contribution < 1.29 is 9.47 Å². The minimum atomic E-state index is -0.409. The Morgan fingerprint density at radius 3 is 2.36 bits per heavy atom. The molecule has 6 nitrogen and oxygen atoms in total. The van der Waals surface area contributed by atoms with Crippen LogP contribution in [0.15, 0.2) is 72.4 Å². The molecule has 4 aromatic rings. The molecule has 0 unspecified atom stereocenters. The number of rotatable bonds is 4. The minimum absolute atomic E-state index is 0.409.